The van der Waals surface area contributed by atoms with Gasteiger partial charge in [-0.05, 0) is 31.5 Å². The summed E-state index contributed by atoms with van der Waals surface area (Å²) in [6.45, 7) is 10.0. The molecule has 0 amide bonds. The topological polar surface area (TPSA) is 58.1 Å². The van der Waals surface area contributed by atoms with Gasteiger partial charge in [0.15, 0.2) is 5.96 Å². The summed E-state index contributed by atoms with van der Waals surface area (Å²) in [7, 11) is 1.69. The first-order chi connectivity index (χ1) is 11.8. The number of morpholine rings is 1. The molecule has 1 aliphatic rings. The minimum Gasteiger partial charge on any atom is -0.497 e. The van der Waals surface area contributed by atoms with Crippen LogP contribution in [0.25, 0.3) is 0 Å². The number of nitrogens with zero attached hydrogens (tertiary/aromatic N) is 2. The highest BCUT2D eigenvalue weighted by atomic mass is 16.5. The van der Waals surface area contributed by atoms with Gasteiger partial charge in [0.2, 0.25) is 0 Å². The summed E-state index contributed by atoms with van der Waals surface area (Å²) in [5.41, 5.74) is 1.26. The van der Waals surface area contributed by atoms with Gasteiger partial charge in [-0.25, -0.2) is 0 Å². The normalized spacial score (nSPS) is 16.3. The standard InChI is InChI=1S/C18H30N4O2/c1-4-19-18(20-5-2)21-14-17(22-10-12-24-13-11-22)15-6-8-16(23-3)9-7-15/h6-9,17H,4-5,10-14H2,1-3H3,(H2,19,20,21)/t17-/m0/s1. The van der Waals surface area contributed by atoms with Crippen LogP contribution in [-0.4, -0.2) is 63.9 Å². The molecule has 24 heavy (non-hydrogen) atoms. The lowest BCUT2D eigenvalue weighted by Gasteiger charge is -2.34. The molecule has 1 aliphatic heterocycles. The Morgan fingerprint density at radius 2 is 1.79 bits per heavy atom. The second-order valence-corrected chi connectivity index (χ2v) is 5.69. The number of methoxy groups -OCH3 is 1. The Morgan fingerprint density at radius 1 is 1.17 bits per heavy atom. The highest BCUT2D eigenvalue weighted by Gasteiger charge is 2.22. The third-order valence-corrected chi connectivity index (χ3v) is 4.10. The number of hydrogen-bond acceptors (Lipinski definition) is 4. The summed E-state index contributed by atoms with van der Waals surface area (Å²) in [6, 6.07) is 8.54. The van der Waals surface area contributed by atoms with Gasteiger partial charge in [-0.3, -0.25) is 9.89 Å². The van der Waals surface area contributed by atoms with Crippen molar-refractivity contribution in [2.24, 2.45) is 4.99 Å². The van der Waals surface area contributed by atoms with Crippen LogP contribution >= 0.6 is 0 Å². The number of nitrogens with one attached hydrogen (secondary N) is 2. The van der Waals surface area contributed by atoms with Crippen LogP contribution < -0.4 is 15.4 Å². The lowest BCUT2D eigenvalue weighted by molar-refractivity contribution is 0.0179. The fraction of sp³-hybridized carbons (Fsp3) is 0.611. The van der Waals surface area contributed by atoms with Crippen LogP contribution in [0.15, 0.2) is 29.3 Å². The van der Waals surface area contributed by atoms with Crippen LogP contribution in [0.2, 0.25) is 0 Å². The van der Waals surface area contributed by atoms with Crippen molar-refractivity contribution in [2.75, 3.05) is 53.0 Å². The van der Waals surface area contributed by atoms with E-state index in [1.165, 1.54) is 5.56 Å². The third kappa shape index (κ3) is 5.39. The van der Waals surface area contributed by atoms with Crippen molar-refractivity contribution >= 4 is 5.96 Å². The molecule has 0 radical (unpaired) electrons. The van der Waals surface area contributed by atoms with E-state index in [4.69, 9.17) is 14.5 Å². The maximum absolute atomic E-state index is 5.50. The number of hydrogen-bond donors (Lipinski definition) is 2. The van der Waals surface area contributed by atoms with Crippen molar-refractivity contribution in [3.05, 3.63) is 29.8 Å². The van der Waals surface area contributed by atoms with Crippen molar-refractivity contribution in [3.8, 4) is 5.75 Å². The molecule has 1 heterocycles. The monoisotopic (exact) mass is 334 g/mol. The summed E-state index contributed by atoms with van der Waals surface area (Å²) in [5.74, 6) is 1.75. The molecule has 1 aromatic rings. The van der Waals surface area contributed by atoms with Crippen LogP contribution in [0.1, 0.15) is 25.5 Å². The molecule has 0 bridgehead atoms. The molecule has 0 spiro atoms. The Bertz CT molecular complexity index is 490. The van der Waals surface area contributed by atoms with Gasteiger partial charge in [-0.15, -0.1) is 0 Å². The number of ether oxygens (including phenoxy) is 2. The zero-order valence-electron chi connectivity index (χ0n) is 15.0. The van der Waals surface area contributed by atoms with Gasteiger partial charge in [0.1, 0.15) is 5.75 Å². The Labute approximate surface area is 145 Å². The molecule has 0 unspecified atom stereocenters. The molecule has 134 valence electrons. The number of rotatable bonds is 7. The first-order valence-corrected chi connectivity index (χ1v) is 8.76. The van der Waals surface area contributed by atoms with E-state index in [0.29, 0.717) is 6.54 Å². The first-order valence-electron chi connectivity index (χ1n) is 8.76. The third-order valence-electron chi connectivity index (χ3n) is 4.10. The zero-order valence-corrected chi connectivity index (χ0v) is 15.0. The maximum atomic E-state index is 5.50. The lowest BCUT2D eigenvalue weighted by Crippen LogP contribution is -2.41. The molecule has 2 N–H and O–H groups in total. The predicted molar refractivity (Wildman–Crippen MR) is 97.8 cm³/mol. The molecule has 1 aromatic carbocycles. The molecule has 1 saturated heterocycles. The summed E-state index contributed by atoms with van der Waals surface area (Å²) >= 11 is 0. The minimum atomic E-state index is 0.243. The fourth-order valence-corrected chi connectivity index (χ4v) is 2.83. The largest absolute Gasteiger partial charge is 0.497 e. The lowest BCUT2D eigenvalue weighted by atomic mass is 10.0. The Morgan fingerprint density at radius 3 is 2.33 bits per heavy atom. The zero-order chi connectivity index (χ0) is 17.2. The van der Waals surface area contributed by atoms with Crippen molar-refractivity contribution in [3.63, 3.8) is 0 Å². The Hall–Kier alpha value is -1.79. The van der Waals surface area contributed by atoms with Gasteiger partial charge < -0.3 is 20.1 Å². The number of guanidine groups is 1. The Balaban J connectivity index is 2.16. The average molecular weight is 334 g/mol. The van der Waals surface area contributed by atoms with Crippen molar-refractivity contribution in [1.82, 2.24) is 15.5 Å². The van der Waals surface area contributed by atoms with Gasteiger partial charge >= 0.3 is 0 Å². The van der Waals surface area contributed by atoms with E-state index >= 15 is 0 Å². The number of benzene rings is 1. The molecule has 0 aliphatic carbocycles. The van der Waals surface area contributed by atoms with Gasteiger partial charge in [-0.2, -0.15) is 0 Å². The Kier molecular flexibility index (Phi) is 7.85. The van der Waals surface area contributed by atoms with E-state index in [9.17, 15) is 0 Å². The van der Waals surface area contributed by atoms with Crippen LogP contribution in [-0.2, 0) is 4.74 Å². The van der Waals surface area contributed by atoms with Gasteiger partial charge in [0, 0.05) is 26.2 Å². The van der Waals surface area contributed by atoms with Gasteiger partial charge in [-0.1, -0.05) is 12.1 Å². The fourth-order valence-electron chi connectivity index (χ4n) is 2.83. The van der Waals surface area contributed by atoms with E-state index in [1.807, 2.05) is 12.1 Å². The van der Waals surface area contributed by atoms with Crippen LogP contribution in [0, 0.1) is 0 Å². The van der Waals surface area contributed by atoms with Gasteiger partial charge in [0.25, 0.3) is 0 Å². The highest BCUT2D eigenvalue weighted by Crippen LogP contribution is 2.24. The first kappa shape index (κ1) is 18.5. The molecule has 0 saturated carbocycles. The quantitative estimate of drug-likeness (QED) is 0.586. The second-order valence-electron chi connectivity index (χ2n) is 5.69. The molecule has 6 heteroatoms. The molecule has 1 fully saturated rings. The SMILES string of the molecule is CCNC(=NC[C@@H](c1ccc(OC)cc1)N1CCOCC1)NCC. The van der Waals surface area contributed by atoms with Crippen molar-refractivity contribution < 1.29 is 9.47 Å². The summed E-state index contributed by atoms with van der Waals surface area (Å²) < 4.78 is 10.8. The summed E-state index contributed by atoms with van der Waals surface area (Å²) in [4.78, 5) is 7.23. The van der Waals surface area contributed by atoms with Crippen molar-refractivity contribution in [2.45, 2.75) is 19.9 Å². The molecule has 1 atom stereocenters. The van der Waals surface area contributed by atoms with Crippen LogP contribution in [0.5, 0.6) is 5.75 Å². The van der Waals surface area contributed by atoms with Crippen LogP contribution in [0.4, 0.5) is 0 Å². The smallest absolute Gasteiger partial charge is 0.191 e. The summed E-state index contributed by atoms with van der Waals surface area (Å²) in [6.07, 6.45) is 0. The molecule has 2 rings (SSSR count). The minimum absolute atomic E-state index is 0.243. The van der Waals surface area contributed by atoms with E-state index in [-0.39, 0.29) is 6.04 Å². The molecular formula is C18H30N4O2. The van der Waals surface area contributed by atoms with E-state index in [0.717, 1.165) is 51.1 Å². The predicted octanol–water partition coefficient (Wildman–Crippen LogP) is 1.64. The summed E-state index contributed by atoms with van der Waals surface area (Å²) in [5, 5.41) is 6.57. The molecule has 0 aromatic heterocycles. The number of aliphatic imine (C=N–C) groups is 1. The van der Waals surface area contributed by atoms with Gasteiger partial charge in [0.05, 0.1) is 32.9 Å². The van der Waals surface area contributed by atoms with Crippen LogP contribution in [0.3, 0.4) is 0 Å². The highest BCUT2D eigenvalue weighted by molar-refractivity contribution is 5.79. The molecule has 6 nitrogen and oxygen atoms in total. The van der Waals surface area contributed by atoms with E-state index < -0.39 is 0 Å². The van der Waals surface area contributed by atoms with E-state index in [2.05, 4.69) is 41.5 Å². The average Bonchev–Trinajstić information content (AvgIpc) is 2.63. The van der Waals surface area contributed by atoms with E-state index in [1.54, 1.807) is 7.11 Å². The maximum Gasteiger partial charge on any atom is 0.191 e. The van der Waals surface area contributed by atoms with Crippen molar-refractivity contribution in [1.29, 1.82) is 0 Å². The second kappa shape index (κ2) is 10.2. The molecular weight excluding hydrogens is 304 g/mol.